The summed E-state index contributed by atoms with van der Waals surface area (Å²) in [6.07, 6.45) is 4.76. The highest BCUT2D eigenvalue weighted by Crippen LogP contribution is 2.24. The number of nitrogens with zero attached hydrogens (tertiary/aromatic N) is 1. The van der Waals surface area contributed by atoms with E-state index in [2.05, 4.69) is 16.2 Å². The van der Waals surface area contributed by atoms with Crippen LogP contribution in [0.2, 0.25) is 0 Å². The Bertz CT molecular complexity index is 813. The molecule has 4 rings (SSSR count). The number of piperidine rings is 1. The number of carbonyl (C=O) groups excluding carboxylic acids is 2. The quantitative estimate of drug-likeness (QED) is 0.699. The summed E-state index contributed by atoms with van der Waals surface area (Å²) < 4.78 is 5.39. The van der Waals surface area contributed by atoms with E-state index in [1.165, 1.54) is 0 Å². The zero-order chi connectivity index (χ0) is 20.1. The van der Waals surface area contributed by atoms with Crippen molar-refractivity contribution in [1.29, 1.82) is 0 Å². The molecule has 3 heterocycles. The van der Waals surface area contributed by atoms with Crippen LogP contribution in [0.3, 0.4) is 0 Å². The van der Waals surface area contributed by atoms with E-state index in [9.17, 15) is 9.59 Å². The smallest absolute Gasteiger partial charge is 0.229 e. The molecule has 2 aliphatic heterocycles. The molecule has 2 amide bonds. The van der Waals surface area contributed by atoms with Gasteiger partial charge in [0.05, 0.1) is 12.2 Å². The van der Waals surface area contributed by atoms with Crippen LogP contribution in [-0.4, -0.2) is 42.9 Å². The molecule has 2 aromatic rings. The third-order valence-corrected chi connectivity index (χ3v) is 5.78. The number of amides is 2. The number of furan rings is 1. The lowest BCUT2D eigenvalue weighted by molar-refractivity contribution is -0.134. The van der Waals surface area contributed by atoms with Gasteiger partial charge in [-0.3, -0.25) is 20.4 Å². The summed E-state index contributed by atoms with van der Waals surface area (Å²) in [5, 5.41) is 3.00. The van der Waals surface area contributed by atoms with Crippen LogP contribution in [-0.2, 0) is 9.59 Å². The van der Waals surface area contributed by atoms with Crippen molar-refractivity contribution in [3.8, 4) is 11.3 Å². The maximum Gasteiger partial charge on any atom is 0.229 e. The minimum atomic E-state index is -0.160. The SMILES string of the molecule is O=C(Nc1ccc(-c2ccco2)cc1)C1CCCN(C(=O)CCC2CNNC2)C1. The monoisotopic (exact) mass is 396 g/mol. The van der Waals surface area contributed by atoms with Crippen LogP contribution in [0, 0.1) is 11.8 Å². The summed E-state index contributed by atoms with van der Waals surface area (Å²) in [7, 11) is 0. The molecule has 1 atom stereocenters. The Morgan fingerprint density at radius 1 is 1.14 bits per heavy atom. The molecule has 3 N–H and O–H groups in total. The highest BCUT2D eigenvalue weighted by atomic mass is 16.3. The van der Waals surface area contributed by atoms with Crippen LogP contribution in [0.4, 0.5) is 5.69 Å². The van der Waals surface area contributed by atoms with Crippen molar-refractivity contribution in [2.45, 2.75) is 25.7 Å². The molecule has 0 saturated carbocycles. The second kappa shape index (κ2) is 9.24. The molecule has 1 unspecified atom stereocenters. The molecular formula is C22H28N4O3. The number of anilines is 1. The minimum Gasteiger partial charge on any atom is -0.464 e. The Morgan fingerprint density at radius 2 is 1.93 bits per heavy atom. The summed E-state index contributed by atoms with van der Waals surface area (Å²) in [4.78, 5) is 27.2. The molecule has 0 bridgehead atoms. The summed E-state index contributed by atoms with van der Waals surface area (Å²) in [6.45, 7) is 3.09. The average molecular weight is 396 g/mol. The largest absolute Gasteiger partial charge is 0.464 e. The third-order valence-electron chi connectivity index (χ3n) is 5.78. The van der Waals surface area contributed by atoms with Crippen molar-refractivity contribution >= 4 is 17.5 Å². The van der Waals surface area contributed by atoms with Gasteiger partial charge in [0.25, 0.3) is 0 Å². The van der Waals surface area contributed by atoms with Crippen molar-refractivity contribution in [3.63, 3.8) is 0 Å². The van der Waals surface area contributed by atoms with E-state index < -0.39 is 0 Å². The highest BCUT2D eigenvalue weighted by molar-refractivity contribution is 5.93. The fourth-order valence-electron chi connectivity index (χ4n) is 4.02. The van der Waals surface area contributed by atoms with Crippen molar-refractivity contribution in [2.24, 2.45) is 11.8 Å². The van der Waals surface area contributed by atoms with Gasteiger partial charge in [-0.15, -0.1) is 0 Å². The zero-order valence-electron chi connectivity index (χ0n) is 16.5. The van der Waals surface area contributed by atoms with Crippen molar-refractivity contribution in [1.82, 2.24) is 15.8 Å². The summed E-state index contributed by atoms with van der Waals surface area (Å²) in [5.74, 6) is 1.29. The number of nitrogens with one attached hydrogen (secondary N) is 3. The fraction of sp³-hybridized carbons (Fsp3) is 0.455. The highest BCUT2D eigenvalue weighted by Gasteiger charge is 2.29. The Balaban J connectivity index is 1.28. The van der Waals surface area contributed by atoms with Gasteiger partial charge in [-0.25, -0.2) is 0 Å². The second-order valence-corrected chi connectivity index (χ2v) is 7.89. The number of likely N-dealkylation sites (tertiary alicyclic amines) is 1. The Kier molecular flexibility index (Phi) is 6.27. The molecule has 154 valence electrons. The molecule has 0 aliphatic carbocycles. The normalized spacial score (nSPS) is 20.0. The van der Waals surface area contributed by atoms with E-state index in [0.29, 0.717) is 18.9 Å². The van der Waals surface area contributed by atoms with Crippen molar-refractivity contribution in [2.75, 3.05) is 31.5 Å². The van der Waals surface area contributed by atoms with Crippen LogP contribution in [0.5, 0.6) is 0 Å². The Hall–Kier alpha value is -2.64. The molecule has 29 heavy (non-hydrogen) atoms. The van der Waals surface area contributed by atoms with Gasteiger partial charge in [0, 0.05) is 43.9 Å². The molecule has 0 radical (unpaired) electrons. The average Bonchev–Trinajstić information content (AvgIpc) is 3.47. The fourth-order valence-corrected chi connectivity index (χ4v) is 4.02. The third kappa shape index (κ3) is 5.05. The second-order valence-electron chi connectivity index (χ2n) is 7.89. The lowest BCUT2D eigenvalue weighted by atomic mass is 9.96. The van der Waals surface area contributed by atoms with Crippen LogP contribution in [0.15, 0.2) is 47.1 Å². The first-order valence-electron chi connectivity index (χ1n) is 10.4. The number of hydrogen-bond donors (Lipinski definition) is 3. The van der Waals surface area contributed by atoms with Gasteiger partial charge in [0.2, 0.25) is 11.8 Å². The van der Waals surface area contributed by atoms with Gasteiger partial charge in [0.1, 0.15) is 5.76 Å². The number of carbonyl (C=O) groups is 2. The Labute approximate surface area is 170 Å². The van der Waals surface area contributed by atoms with Crippen molar-refractivity contribution in [3.05, 3.63) is 42.7 Å². The summed E-state index contributed by atoms with van der Waals surface area (Å²) in [6, 6.07) is 11.4. The van der Waals surface area contributed by atoms with Gasteiger partial charge in [-0.1, -0.05) is 0 Å². The lowest BCUT2D eigenvalue weighted by Crippen LogP contribution is -2.43. The first kappa shape index (κ1) is 19.7. The predicted molar refractivity (Wildman–Crippen MR) is 111 cm³/mol. The predicted octanol–water partition coefficient (Wildman–Crippen LogP) is 2.63. The maximum absolute atomic E-state index is 12.7. The van der Waals surface area contributed by atoms with Gasteiger partial charge in [0.15, 0.2) is 0 Å². The number of hydrogen-bond acceptors (Lipinski definition) is 5. The molecule has 1 aromatic carbocycles. The number of hydrazine groups is 1. The van der Waals surface area contributed by atoms with Gasteiger partial charge < -0.3 is 14.6 Å². The lowest BCUT2D eigenvalue weighted by Gasteiger charge is -2.32. The van der Waals surface area contributed by atoms with E-state index >= 15 is 0 Å². The van der Waals surface area contributed by atoms with E-state index in [1.54, 1.807) is 6.26 Å². The Morgan fingerprint density at radius 3 is 2.66 bits per heavy atom. The van der Waals surface area contributed by atoms with Crippen LogP contribution < -0.4 is 16.2 Å². The first-order valence-corrected chi connectivity index (χ1v) is 10.4. The summed E-state index contributed by atoms with van der Waals surface area (Å²) >= 11 is 0. The van der Waals surface area contributed by atoms with Gasteiger partial charge in [-0.2, -0.15) is 0 Å². The molecule has 2 saturated heterocycles. The molecule has 0 spiro atoms. The topological polar surface area (TPSA) is 86.6 Å². The molecular weight excluding hydrogens is 368 g/mol. The van der Waals surface area contributed by atoms with Crippen molar-refractivity contribution < 1.29 is 14.0 Å². The van der Waals surface area contributed by atoms with E-state index in [0.717, 1.165) is 55.9 Å². The first-order chi connectivity index (χ1) is 14.2. The van der Waals surface area contributed by atoms with E-state index in [4.69, 9.17) is 4.42 Å². The van der Waals surface area contributed by atoms with Gasteiger partial charge in [-0.05, 0) is 61.6 Å². The number of benzene rings is 1. The molecule has 2 aliphatic rings. The van der Waals surface area contributed by atoms with E-state index in [-0.39, 0.29) is 17.7 Å². The summed E-state index contributed by atoms with van der Waals surface area (Å²) in [5.41, 5.74) is 7.92. The van der Waals surface area contributed by atoms with Crippen LogP contribution in [0.1, 0.15) is 25.7 Å². The maximum atomic E-state index is 12.7. The molecule has 7 nitrogen and oxygen atoms in total. The van der Waals surface area contributed by atoms with Gasteiger partial charge >= 0.3 is 0 Å². The van der Waals surface area contributed by atoms with E-state index in [1.807, 2.05) is 41.3 Å². The standard InChI is InChI=1S/C22H28N4O3/c27-21(10-5-16-13-23-24-14-16)26-11-1-3-18(15-26)22(28)25-19-8-6-17(7-9-19)20-4-2-12-29-20/h2,4,6-9,12,16,18,23-24H,1,3,5,10-11,13-15H2,(H,25,28). The molecule has 2 fully saturated rings. The minimum absolute atomic E-state index is 0.0163. The molecule has 1 aromatic heterocycles. The number of rotatable bonds is 6. The van der Waals surface area contributed by atoms with Crippen LogP contribution >= 0.6 is 0 Å². The molecule has 7 heteroatoms. The van der Waals surface area contributed by atoms with Crippen LogP contribution in [0.25, 0.3) is 11.3 Å². The zero-order valence-corrected chi connectivity index (χ0v) is 16.5.